The molecule has 0 bridgehead atoms. The van der Waals surface area contributed by atoms with Gasteiger partial charge in [0.05, 0.1) is 6.04 Å². The van der Waals surface area contributed by atoms with Gasteiger partial charge in [-0.15, -0.1) is 0 Å². The summed E-state index contributed by atoms with van der Waals surface area (Å²) in [5.41, 5.74) is 5.96. The van der Waals surface area contributed by atoms with E-state index in [-0.39, 0.29) is 12.1 Å². The Bertz CT molecular complexity index is 1250. The zero-order valence-corrected chi connectivity index (χ0v) is 20.2. The van der Waals surface area contributed by atoms with Gasteiger partial charge in [0.25, 0.3) is 0 Å². The first-order valence-electron chi connectivity index (χ1n) is 11.7. The Kier molecular flexibility index (Phi) is 6.51. The fraction of sp³-hybridized carbons (Fsp3) is 0.357. The highest BCUT2D eigenvalue weighted by molar-refractivity contribution is 5.85. The molecule has 0 saturated heterocycles. The third-order valence-corrected chi connectivity index (χ3v) is 6.27. The van der Waals surface area contributed by atoms with E-state index < -0.39 is 11.6 Å². The molecule has 1 aliphatic rings. The molecule has 1 unspecified atom stereocenters. The first kappa shape index (κ1) is 23.6. The number of carbonyl (C=O) groups is 2. The van der Waals surface area contributed by atoms with E-state index in [2.05, 4.69) is 24.0 Å². The molecule has 34 heavy (non-hydrogen) atoms. The Hall–Kier alpha value is -3.54. The van der Waals surface area contributed by atoms with E-state index in [1.165, 1.54) is 10.9 Å². The van der Waals surface area contributed by atoms with Crippen LogP contribution in [0.1, 0.15) is 61.2 Å². The molecule has 6 heteroatoms. The number of carboxylic acid groups (broad SMARTS) is 1. The van der Waals surface area contributed by atoms with Gasteiger partial charge in [0.15, 0.2) is 0 Å². The zero-order valence-electron chi connectivity index (χ0n) is 20.2. The van der Waals surface area contributed by atoms with Gasteiger partial charge in [-0.05, 0) is 81.4 Å². The number of nitrogens with one attached hydrogen (secondary N) is 1. The fourth-order valence-electron chi connectivity index (χ4n) is 4.79. The minimum atomic E-state index is -0.970. The molecule has 2 aromatic carbocycles. The van der Waals surface area contributed by atoms with E-state index in [1.54, 1.807) is 6.08 Å². The van der Waals surface area contributed by atoms with E-state index in [4.69, 9.17) is 9.84 Å². The number of aromatic amines is 1. The lowest BCUT2D eigenvalue weighted by Crippen LogP contribution is -2.40. The first-order valence-corrected chi connectivity index (χ1v) is 11.7. The summed E-state index contributed by atoms with van der Waals surface area (Å²) < 4.78 is 5.81. The molecule has 4 rings (SSSR count). The van der Waals surface area contributed by atoms with Crippen LogP contribution in [0.3, 0.4) is 0 Å². The van der Waals surface area contributed by atoms with Crippen molar-refractivity contribution < 1.29 is 19.4 Å². The number of aryl methyl sites for hydroxylation is 2. The number of fused-ring (bicyclic) bond motifs is 2. The van der Waals surface area contributed by atoms with Crippen molar-refractivity contribution in [3.05, 3.63) is 76.5 Å². The average molecular weight is 461 g/mol. The van der Waals surface area contributed by atoms with Crippen LogP contribution in [0, 0.1) is 6.92 Å². The second-order valence-electron chi connectivity index (χ2n) is 9.88. The van der Waals surface area contributed by atoms with Gasteiger partial charge in [-0.1, -0.05) is 36.4 Å². The molecule has 1 heterocycles. The van der Waals surface area contributed by atoms with E-state index >= 15 is 0 Å². The number of amides is 1. The predicted molar refractivity (Wildman–Crippen MR) is 134 cm³/mol. The van der Waals surface area contributed by atoms with Crippen molar-refractivity contribution in [1.82, 2.24) is 9.88 Å². The number of nitrogens with zero attached hydrogens (tertiary/aromatic N) is 1. The summed E-state index contributed by atoms with van der Waals surface area (Å²) in [6.07, 6.45) is 4.80. The van der Waals surface area contributed by atoms with Crippen LogP contribution in [-0.2, 0) is 22.4 Å². The summed E-state index contributed by atoms with van der Waals surface area (Å²) in [7, 11) is 0. The van der Waals surface area contributed by atoms with Crippen LogP contribution >= 0.6 is 0 Å². The van der Waals surface area contributed by atoms with Crippen molar-refractivity contribution >= 4 is 29.0 Å². The molecule has 3 aromatic rings. The van der Waals surface area contributed by atoms with Crippen LogP contribution in [0.15, 0.2) is 48.5 Å². The number of aliphatic carboxylic acids is 1. The van der Waals surface area contributed by atoms with Crippen molar-refractivity contribution in [1.29, 1.82) is 0 Å². The molecule has 1 amide bonds. The number of hydrogen-bond donors (Lipinski definition) is 2. The number of benzene rings is 2. The lowest BCUT2D eigenvalue weighted by molar-refractivity contribution is -0.131. The zero-order chi connectivity index (χ0) is 24.5. The van der Waals surface area contributed by atoms with Gasteiger partial charge in [0, 0.05) is 29.2 Å². The molecule has 0 radical (unpaired) electrons. The topological polar surface area (TPSA) is 82.6 Å². The Morgan fingerprint density at radius 2 is 1.97 bits per heavy atom. The van der Waals surface area contributed by atoms with Gasteiger partial charge < -0.3 is 19.7 Å². The second kappa shape index (κ2) is 9.37. The quantitative estimate of drug-likeness (QED) is 0.439. The molecule has 0 fully saturated rings. The molecular weight excluding hydrogens is 428 g/mol. The lowest BCUT2D eigenvalue weighted by atomic mass is 10.0. The van der Waals surface area contributed by atoms with Crippen molar-refractivity contribution in [2.75, 3.05) is 6.54 Å². The van der Waals surface area contributed by atoms with Gasteiger partial charge in [-0.25, -0.2) is 9.59 Å². The van der Waals surface area contributed by atoms with Crippen molar-refractivity contribution in [2.45, 2.75) is 58.6 Å². The Morgan fingerprint density at radius 1 is 1.21 bits per heavy atom. The summed E-state index contributed by atoms with van der Waals surface area (Å²) in [5.74, 6) is -0.970. The van der Waals surface area contributed by atoms with Crippen molar-refractivity contribution in [3.63, 3.8) is 0 Å². The molecule has 6 nitrogen and oxygen atoms in total. The number of carboxylic acids is 1. The molecule has 178 valence electrons. The molecule has 0 saturated carbocycles. The van der Waals surface area contributed by atoms with Gasteiger partial charge in [-0.2, -0.15) is 0 Å². The number of ether oxygens (including phenoxy) is 1. The van der Waals surface area contributed by atoms with Crippen molar-refractivity contribution in [2.24, 2.45) is 0 Å². The summed E-state index contributed by atoms with van der Waals surface area (Å²) in [4.78, 5) is 29.5. The molecular formula is C28H32N2O4. The maximum atomic E-state index is 13.3. The summed E-state index contributed by atoms with van der Waals surface area (Å²) in [5, 5.41) is 10.1. The fourth-order valence-corrected chi connectivity index (χ4v) is 4.79. The first-order chi connectivity index (χ1) is 16.1. The summed E-state index contributed by atoms with van der Waals surface area (Å²) >= 11 is 0. The number of hydrogen-bond acceptors (Lipinski definition) is 3. The lowest BCUT2D eigenvalue weighted by Gasteiger charge is -2.32. The molecule has 2 N–H and O–H groups in total. The Morgan fingerprint density at radius 3 is 2.71 bits per heavy atom. The SMILES string of the molecule is Cc1[nH]c2ccccc2c1CCN(C(=O)OC(C)(C)C)C1CCc2cc(/C=C/C(=O)O)ccc21. The van der Waals surface area contributed by atoms with E-state index in [0.717, 1.165) is 53.2 Å². The maximum absolute atomic E-state index is 13.3. The van der Waals surface area contributed by atoms with E-state index in [9.17, 15) is 9.59 Å². The van der Waals surface area contributed by atoms with Crippen molar-refractivity contribution in [3.8, 4) is 0 Å². The van der Waals surface area contributed by atoms with Crippen LogP contribution in [0.4, 0.5) is 4.79 Å². The highest BCUT2D eigenvalue weighted by Crippen LogP contribution is 2.37. The standard InChI is InChI=1S/C28H32N2O4/c1-18-21(23-7-5-6-8-24(23)29-18)15-16-30(27(33)34-28(2,3)4)25-13-11-20-17-19(9-12-22(20)25)10-14-26(31)32/h5-10,12,14,17,25,29H,11,13,15-16H2,1-4H3,(H,31,32)/b14-10+. The van der Waals surface area contributed by atoms with Crippen LogP contribution in [0.5, 0.6) is 0 Å². The summed E-state index contributed by atoms with van der Waals surface area (Å²) in [6.45, 7) is 8.27. The molecule has 1 aromatic heterocycles. The molecule has 1 atom stereocenters. The van der Waals surface area contributed by atoms with Gasteiger partial charge in [0.2, 0.25) is 0 Å². The normalized spacial score (nSPS) is 15.6. The predicted octanol–water partition coefficient (Wildman–Crippen LogP) is 6.04. The van der Waals surface area contributed by atoms with E-state index in [1.807, 2.05) is 56.0 Å². The minimum Gasteiger partial charge on any atom is -0.478 e. The monoisotopic (exact) mass is 460 g/mol. The van der Waals surface area contributed by atoms with Gasteiger partial charge in [-0.3, -0.25) is 0 Å². The molecule has 0 spiro atoms. The maximum Gasteiger partial charge on any atom is 0.410 e. The van der Waals surface area contributed by atoms with Gasteiger partial charge >= 0.3 is 12.1 Å². The molecule has 0 aliphatic heterocycles. The number of H-pyrrole nitrogens is 1. The highest BCUT2D eigenvalue weighted by atomic mass is 16.6. The number of para-hydroxylation sites is 1. The van der Waals surface area contributed by atoms with Crippen LogP contribution in [0.2, 0.25) is 0 Å². The smallest absolute Gasteiger partial charge is 0.410 e. The van der Waals surface area contributed by atoms with Crippen LogP contribution in [0.25, 0.3) is 17.0 Å². The van der Waals surface area contributed by atoms with E-state index in [0.29, 0.717) is 6.54 Å². The second-order valence-corrected chi connectivity index (χ2v) is 9.88. The number of carbonyl (C=O) groups excluding carboxylic acids is 1. The molecule has 1 aliphatic carbocycles. The van der Waals surface area contributed by atoms with Gasteiger partial charge in [0.1, 0.15) is 5.60 Å². The average Bonchev–Trinajstić information content (AvgIpc) is 3.31. The Balaban J connectivity index is 1.62. The van der Waals surface area contributed by atoms with Crippen LogP contribution < -0.4 is 0 Å². The number of rotatable bonds is 6. The summed E-state index contributed by atoms with van der Waals surface area (Å²) in [6, 6.07) is 14.1. The minimum absolute atomic E-state index is 0.0761. The third-order valence-electron chi connectivity index (χ3n) is 6.27. The largest absolute Gasteiger partial charge is 0.478 e. The Labute approximate surface area is 200 Å². The third kappa shape index (κ3) is 5.16. The van der Waals surface area contributed by atoms with Crippen LogP contribution in [-0.4, -0.2) is 39.2 Å². The highest BCUT2D eigenvalue weighted by Gasteiger charge is 2.33. The number of aromatic nitrogens is 1.